The van der Waals surface area contributed by atoms with E-state index in [2.05, 4.69) is 0 Å². The van der Waals surface area contributed by atoms with E-state index < -0.39 is 33.0 Å². The Morgan fingerprint density at radius 3 is 1.56 bits per heavy atom. The van der Waals surface area contributed by atoms with Gasteiger partial charge in [-0.05, 0) is 0 Å². The summed E-state index contributed by atoms with van der Waals surface area (Å²) in [5.74, 6) is -2.02. The van der Waals surface area contributed by atoms with Crippen LogP contribution in [0.4, 0.5) is 13.2 Å². The largest absolute Gasteiger partial charge is 0.471 e. The second-order valence-corrected chi connectivity index (χ2v) is 17.3. The first-order valence-corrected chi connectivity index (χ1v) is 12.5. The van der Waals surface area contributed by atoms with Gasteiger partial charge in [-0.3, -0.25) is 4.79 Å². The van der Waals surface area contributed by atoms with Gasteiger partial charge in [-0.2, -0.15) is 18.4 Å². The van der Waals surface area contributed by atoms with Gasteiger partial charge < -0.3 is 5.32 Å². The van der Waals surface area contributed by atoms with Crippen LogP contribution in [0.3, 0.4) is 0 Å². The Hall–Kier alpha value is -0.816. The normalized spacial score (nSPS) is 14.0. The maximum atomic E-state index is 12.4. The van der Waals surface area contributed by atoms with Crippen LogP contribution in [0.15, 0.2) is 0 Å². The molecule has 0 aliphatic rings. The monoisotopic (exact) mass is 296 g/mol. The van der Waals surface area contributed by atoms with Crippen LogP contribution in [0.5, 0.6) is 0 Å². The minimum Gasteiger partial charge on any atom is -0.336 e. The molecule has 0 fully saturated rings. The molecule has 104 valence electrons. The molecule has 0 bridgehead atoms. The maximum Gasteiger partial charge on any atom is 0.471 e. The first-order chi connectivity index (χ1) is 7.69. The lowest BCUT2D eigenvalue weighted by atomic mass is 10.5. The van der Waals surface area contributed by atoms with E-state index in [4.69, 9.17) is 0 Å². The smallest absolute Gasteiger partial charge is 0.336 e. The van der Waals surface area contributed by atoms with E-state index in [1.54, 1.807) is 39.3 Å². The van der Waals surface area contributed by atoms with Crippen molar-refractivity contribution in [3.8, 4) is 6.07 Å². The van der Waals surface area contributed by atoms with Gasteiger partial charge in [0.05, 0.1) is 22.2 Å². The number of rotatable bonds is 3. The second-order valence-electron chi connectivity index (χ2n) is 6.31. The second kappa shape index (κ2) is 4.70. The highest BCUT2D eigenvalue weighted by molar-refractivity contribution is 7.00. The zero-order valence-corrected chi connectivity index (χ0v) is 13.5. The molecule has 0 heterocycles. The van der Waals surface area contributed by atoms with Crippen LogP contribution in [0.1, 0.15) is 0 Å². The molecule has 0 aromatic rings. The Morgan fingerprint density at radius 1 is 1.06 bits per heavy atom. The van der Waals surface area contributed by atoms with Crippen molar-refractivity contribution in [2.45, 2.75) is 50.2 Å². The minimum absolute atomic E-state index is 1.34. The molecule has 0 aromatic heterocycles. The molecular formula is C10H19F3N2OSi2. The van der Waals surface area contributed by atoms with Crippen molar-refractivity contribution < 1.29 is 18.0 Å². The van der Waals surface area contributed by atoms with Crippen LogP contribution >= 0.6 is 0 Å². The Bertz CT molecular complexity index is 361. The van der Waals surface area contributed by atoms with E-state index in [9.17, 15) is 23.2 Å². The number of carbonyl (C=O) groups is 1. The van der Waals surface area contributed by atoms with Gasteiger partial charge in [0.15, 0.2) is 0 Å². The molecular weight excluding hydrogens is 277 g/mol. The predicted octanol–water partition coefficient (Wildman–Crippen LogP) is 2.68. The number of carbonyl (C=O) groups excluding carboxylic acids is 1. The third-order valence-corrected chi connectivity index (χ3v) is 12.4. The SMILES string of the molecule is C[Si](C)(C)C(C#N)(NC(=O)C(F)(F)F)[Si](C)(C)C. The molecule has 0 saturated carbocycles. The Kier molecular flexibility index (Phi) is 4.48. The summed E-state index contributed by atoms with van der Waals surface area (Å²) in [6.45, 7) is 10.8. The van der Waals surface area contributed by atoms with Crippen molar-refractivity contribution >= 4 is 22.1 Å². The minimum atomic E-state index is -4.96. The van der Waals surface area contributed by atoms with Gasteiger partial charge in [0, 0.05) is 0 Å². The Morgan fingerprint density at radius 2 is 1.39 bits per heavy atom. The summed E-state index contributed by atoms with van der Waals surface area (Å²) in [6, 6.07) is 1.99. The average Bonchev–Trinajstić information content (AvgIpc) is 2.07. The van der Waals surface area contributed by atoms with Gasteiger partial charge in [-0.25, -0.2) is 0 Å². The molecule has 0 saturated heterocycles. The molecule has 0 aromatic carbocycles. The first-order valence-electron chi connectivity index (χ1n) is 5.49. The topological polar surface area (TPSA) is 52.9 Å². The molecule has 0 spiro atoms. The van der Waals surface area contributed by atoms with Gasteiger partial charge in [0.25, 0.3) is 0 Å². The molecule has 1 amide bonds. The van der Waals surface area contributed by atoms with Gasteiger partial charge in [0.2, 0.25) is 0 Å². The van der Waals surface area contributed by atoms with Crippen LogP contribution in [0, 0.1) is 11.3 Å². The number of nitriles is 1. The van der Waals surface area contributed by atoms with Crippen molar-refractivity contribution in [3.63, 3.8) is 0 Å². The number of hydrogen-bond donors (Lipinski definition) is 1. The van der Waals surface area contributed by atoms with Crippen LogP contribution in [0.25, 0.3) is 0 Å². The van der Waals surface area contributed by atoms with Crippen LogP contribution in [0.2, 0.25) is 39.3 Å². The van der Waals surface area contributed by atoms with E-state index in [1.807, 2.05) is 11.4 Å². The van der Waals surface area contributed by atoms with E-state index in [1.165, 1.54) is 0 Å². The lowest BCUT2D eigenvalue weighted by molar-refractivity contribution is -0.174. The van der Waals surface area contributed by atoms with Crippen LogP contribution in [-0.2, 0) is 4.79 Å². The van der Waals surface area contributed by atoms with Gasteiger partial charge >= 0.3 is 12.1 Å². The van der Waals surface area contributed by atoms with Crippen molar-refractivity contribution in [1.29, 1.82) is 5.26 Å². The third kappa shape index (κ3) is 3.14. The standard InChI is InChI=1S/C10H19F3N2OSi2/c1-17(2,3)9(7-14,18(4,5)6)15-8(16)10(11,12)13/h1-6H3,(H,15,16). The molecule has 0 radical (unpaired) electrons. The molecule has 1 N–H and O–H groups in total. The average molecular weight is 296 g/mol. The number of nitrogens with one attached hydrogen (secondary N) is 1. The van der Waals surface area contributed by atoms with Crippen molar-refractivity contribution in [2.24, 2.45) is 0 Å². The van der Waals surface area contributed by atoms with E-state index >= 15 is 0 Å². The highest BCUT2D eigenvalue weighted by Crippen LogP contribution is 2.31. The lowest BCUT2D eigenvalue weighted by Gasteiger charge is -2.46. The van der Waals surface area contributed by atoms with Crippen molar-refractivity contribution in [3.05, 3.63) is 0 Å². The molecule has 0 rings (SSSR count). The number of halogens is 3. The summed E-state index contributed by atoms with van der Waals surface area (Å²) < 4.78 is 37.2. The zero-order chi connectivity index (χ0) is 15.0. The van der Waals surface area contributed by atoms with Crippen LogP contribution in [-0.4, -0.2) is 33.0 Å². The van der Waals surface area contributed by atoms with Crippen LogP contribution < -0.4 is 5.32 Å². The number of alkyl halides is 3. The van der Waals surface area contributed by atoms with Gasteiger partial charge in [-0.1, -0.05) is 39.3 Å². The highest BCUT2D eigenvalue weighted by atomic mass is 28.4. The molecule has 0 unspecified atom stereocenters. The Labute approximate surface area is 107 Å². The fourth-order valence-corrected chi connectivity index (χ4v) is 12.8. The molecule has 8 heteroatoms. The van der Waals surface area contributed by atoms with E-state index in [0.29, 0.717) is 0 Å². The Balaban J connectivity index is 5.69. The summed E-state index contributed by atoms with van der Waals surface area (Å²) >= 11 is 0. The predicted molar refractivity (Wildman–Crippen MR) is 69.2 cm³/mol. The maximum absolute atomic E-state index is 12.4. The quantitative estimate of drug-likeness (QED) is 0.814. The number of nitrogens with zero attached hydrogens (tertiary/aromatic N) is 1. The molecule has 0 atom stereocenters. The molecule has 0 aliphatic heterocycles. The third-order valence-electron chi connectivity index (χ3n) is 2.98. The fourth-order valence-electron chi connectivity index (χ4n) is 2.10. The van der Waals surface area contributed by atoms with E-state index in [0.717, 1.165) is 0 Å². The summed E-state index contributed by atoms with van der Waals surface area (Å²) in [4.78, 5) is 9.85. The summed E-state index contributed by atoms with van der Waals surface area (Å²) in [5.41, 5.74) is 0. The summed E-state index contributed by atoms with van der Waals surface area (Å²) in [7, 11) is -4.69. The van der Waals surface area contributed by atoms with Gasteiger partial charge in [0.1, 0.15) is 4.79 Å². The molecule has 0 aliphatic carbocycles. The van der Waals surface area contributed by atoms with E-state index in [-0.39, 0.29) is 0 Å². The van der Waals surface area contributed by atoms with Crippen molar-refractivity contribution in [2.75, 3.05) is 0 Å². The zero-order valence-electron chi connectivity index (χ0n) is 11.5. The summed E-state index contributed by atoms with van der Waals surface area (Å²) in [6.07, 6.45) is -4.96. The first kappa shape index (κ1) is 17.2. The van der Waals surface area contributed by atoms with Crippen molar-refractivity contribution in [1.82, 2.24) is 5.32 Å². The number of hydrogen-bond acceptors (Lipinski definition) is 2. The fraction of sp³-hybridized carbons (Fsp3) is 0.800. The number of amides is 1. The molecule has 18 heavy (non-hydrogen) atoms. The highest BCUT2D eigenvalue weighted by Gasteiger charge is 2.57. The van der Waals surface area contributed by atoms with Gasteiger partial charge in [-0.15, -0.1) is 0 Å². The molecule has 3 nitrogen and oxygen atoms in total. The lowest BCUT2D eigenvalue weighted by Crippen LogP contribution is -2.75. The summed E-state index contributed by atoms with van der Waals surface area (Å²) in [5, 5.41) is 11.4.